The maximum absolute atomic E-state index is 11.0. The van der Waals surface area contributed by atoms with Crippen LogP contribution >= 0.6 is 0 Å². The lowest BCUT2D eigenvalue weighted by Gasteiger charge is -2.02. The molecule has 0 unspecified atom stereocenters. The van der Waals surface area contributed by atoms with Gasteiger partial charge in [0.15, 0.2) is 0 Å². The summed E-state index contributed by atoms with van der Waals surface area (Å²) in [5, 5.41) is 19.9. The van der Waals surface area contributed by atoms with Crippen molar-refractivity contribution in [2.45, 2.75) is 6.54 Å². The van der Waals surface area contributed by atoms with Crippen LogP contribution in [0.1, 0.15) is 21.9 Å². The minimum atomic E-state index is -1.09. The largest absolute Gasteiger partial charge is 0.506 e. The van der Waals surface area contributed by atoms with E-state index < -0.39 is 5.97 Å². The topological polar surface area (TPSA) is 88.0 Å². The Labute approximate surface area is 154 Å². The molecule has 0 saturated carbocycles. The number of phenols is 1. The Morgan fingerprint density at radius 3 is 2.63 bits per heavy atom. The summed E-state index contributed by atoms with van der Waals surface area (Å²) in [4.78, 5) is 15.4. The van der Waals surface area contributed by atoms with Gasteiger partial charge in [0.05, 0.1) is 6.54 Å². The number of aliphatic imine (C=N–C) groups is 1. The fourth-order valence-corrected chi connectivity index (χ4v) is 2.97. The molecule has 2 N–H and O–H groups in total. The van der Waals surface area contributed by atoms with Gasteiger partial charge in [-0.1, -0.05) is 30.3 Å². The number of aromatic nitrogens is 1. The number of para-hydroxylation sites is 3. The van der Waals surface area contributed by atoms with Gasteiger partial charge in [-0.05, 0) is 30.3 Å². The quantitative estimate of drug-likeness (QED) is 0.515. The minimum absolute atomic E-state index is 0.0807. The first-order valence-corrected chi connectivity index (χ1v) is 8.34. The lowest BCUT2D eigenvalue weighted by atomic mass is 10.2. The Morgan fingerprint density at radius 2 is 1.85 bits per heavy atom. The number of carboxylic acids is 1. The highest BCUT2D eigenvalue weighted by Gasteiger charge is 2.12. The number of phenolic OH excluding ortho intramolecular Hbond substituents is 1. The van der Waals surface area contributed by atoms with E-state index in [4.69, 9.17) is 9.52 Å². The van der Waals surface area contributed by atoms with Gasteiger partial charge in [0, 0.05) is 28.9 Å². The van der Waals surface area contributed by atoms with Crippen LogP contribution in [0.4, 0.5) is 5.69 Å². The molecule has 0 atom stereocenters. The summed E-state index contributed by atoms with van der Waals surface area (Å²) in [5.74, 6) is -0.497. The second kappa shape index (κ2) is 6.84. The average molecular weight is 360 g/mol. The van der Waals surface area contributed by atoms with Gasteiger partial charge in [0.25, 0.3) is 0 Å². The van der Waals surface area contributed by atoms with Crippen LogP contribution in [-0.4, -0.2) is 27.0 Å². The van der Waals surface area contributed by atoms with Crippen molar-refractivity contribution < 1.29 is 19.4 Å². The van der Waals surface area contributed by atoms with E-state index in [9.17, 15) is 9.90 Å². The third kappa shape index (κ3) is 3.32. The number of rotatable bonds is 5. The highest BCUT2D eigenvalue weighted by molar-refractivity contribution is 6.00. The molecule has 0 fully saturated rings. The second-order valence-corrected chi connectivity index (χ2v) is 6.05. The molecular formula is C21H16N2O4. The molecule has 2 heterocycles. The number of furan rings is 1. The summed E-state index contributed by atoms with van der Waals surface area (Å²) in [5.41, 5.74) is 2.36. The molecule has 0 aliphatic rings. The first kappa shape index (κ1) is 16.7. The second-order valence-electron chi connectivity index (χ2n) is 6.05. The maximum atomic E-state index is 11.0. The Balaban J connectivity index is 1.70. The highest BCUT2D eigenvalue weighted by atomic mass is 16.4. The predicted molar refractivity (Wildman–Crippen MR) is 102 cm³/mol. The molecule has 6 heteroatoms. The Morgan fingerprint density at radius 1 is 1.07 bits per heavy atom. The zero-order chi connectivity index (χ0) is 18.8. The van der Waals surface area contributed by atoms with E-state index in [1.165, 1.54) is 6.07 Å². The van der Waals surface area contributed by atoms with E-state index in [-0.39, 0.29) is 11.5 Å². The lowest BCUT2D eigenvalue weighted by molar-refractivity contribution is 0.0660. The van der Waals surface area contributed by atoms with Crippen LogP contribution in [0.15, 0.2) is 76.3 Å². The van der Waals surface area contributed by atoms with E-state index in [0.717, 1.165) is 16.5 Å². The third-order valence-corrected chi connectivity index (χ3v) is 4.24. The highest BCUT2D eigenvalue weighted by Crippen LogP contribution is 2.26. The molecule has 6 nitrogen and oxygen atoms in total. The van der Waals surface area contributed by atoms with Gasteiger partial charge < -0.3 is 19.2 Å². The summed E-state index contributed by atoms with van der Waals surface area (Å²) >= 11 is 0. The van der Waals surface area contributed by atoms with E-state index in [1.807, 2.05) is 41.1 Å². The van der Waals surface area contributed by atoms with Crippen LogP contribution in [0.2, 0.25) is 0 Å². The first-order valence-electron chi connectivity index (χ1n) is 8.34. The van der Waals surface area contributed by atoms with Gasteiger partial charge in [-0.3, -0.25) is 4.99 Å². The molecule has 27 heavy (non-hydrogen) atoms. The molecule has 4 rings (SSSR count). The number of hydrogen-bond acceptors (Lipinski definition) is 4. The molecule has 0 amide bonds. The molecule has 2 aromatic carbocycles. The normalized spacial score (nSPS) is 11.4. The van der Waals surface area contributed by atoms with E-state index >= 15 is 0 Å². The molecule has 0 saturated heterocycles. The standard InChI is InChI=1S/C21H16N2O4/c24-19-8-4-2-6-17(19)22-11-14-12-23(18-7-3-1-5-16(14)18)13-15-9-10-20(27-15)21(25)26/h1-12,24H,13H2,(H,25,26). The monoisotopic (exact) mass is 360 g/mol. The lowest BCUT2D eigenvalue weighted by Crippen LogP contribution is -1.97. The summed E-state index contributed by atoms with van der Waals surface area (Å²) in [6.45, 7) is 0.401. The number of carbonyl (C=O) groups is 1. The van der Waals surface area contributed by atoms with Crippen molar-refractivity contribution in [3.63, 3.8) is 0 Å². The van der Waals surface area contributed by atoms with Crippen LogP contribution < -0.4 is 0 Å². The van der Waals surface area contributed by atoms with Crippen molar-refractivity contribution in [3.8, 4) is 5.75 Å². The number of aromatic carboxylic acids is 1. The SMILES string of the molecule is O=C(O)c1ccc(Cn2cc(C=Nc3ccccc3O)c3ccccc32)o1. The number of aromatic hydroxyl groups is 1. The first-order chi connectivity index (χ1) is 13.1. The van der Waals surface area contributed by atoms with Gasteiger partial charge >= 0.3 is 5.97 Å². The van der Waals surface area contributed by atoms with Gasteiger partial charge in [-0.2, -0.15) is 0 Å². The summed E-state index contributed by atoms with van der Waals surface area (Å²) in [6, 6.07) is 17.8. The Bertz CT molecular complexity index is 1150. The Hall–Kier alpha value is -3.80. The molecule has 134 valence electrons. The average Bonchev–Trinajstić information content (AvgIpc) is 3.27. The summed E-state index contributed by atoms with van der Waals surface area (Å²) in [7, 11) is 0. The predicted octanol–water partition coefficient (Wildman–Crippen LogP) is 4.44. The fourth-order valence-electron chi connectivity index (χ4n) is 2.97. The number of carboxylic acid groups (broad SMARTS) is 1. The summed E-state index contributed by atoms with van der Waals surface area (Å²) in [6.07, 6.45) is 3.63. The number of hydrogen-bond donors (Lipinski definition) is 2. The van der Waals surface area contributed by atoms with Crippen molar-refractivity contribution >= 4 is 28.8 Å². The van der Waals surface area contributed by atoms with Crippen molar-refractivity contribution in [1.29, 1.82) is 0 Å². The zero-order valence-corrected chi connectivity index (χ0v) is 14.2. The molecular weight excluding hydrogens is 344 g/mol. The van der Waals surface area contributed by atoms with Gasteiger partial charge in [-0.15, -0.1) is 0 Å². The molecule has 0 spiro atoms. The smallest absolute Gasteiger partial charge is 0.371 e. The van der Waals surface area contributed by atoms with Crippen molar-refractivity contribution in [2.24, 2.45) is 4.99 Å². The number of nitrogens with zero attached hydrogens (tertiary/aromatic N) is 2. The van der Waals surface area contributed by atoms with Crippen LogP contribution in [-0.2, 0) is 6.54 Å². The van der Waals surface area contributed by atoms with Gasteiger partial charge in [-0.25, -0.2) is 4.79 Å². The number of benzene rings is 2. The van der Waals surface area contributed by atoms with Gasteiger partial charge in [0.2, 0.25) is 5.76 Å². The molecule has 2 aromatic heterocycles. The van der Waals surface area contributed by atoms with E-state index in [1.54, 1.807) is 30.5 Å². The van der Waals surface area contributed by atoms with Crippen LogP contribution in [0.3, 0.4) is 0 Å². The Kier molecular flexibility index (Phi) is 4.22. The van der Waals surface area contributed by atoms with Crippen molar-refractivity contribution in [3.05, 3.63) is 83.9 Å². The van der Waals surface area contributed by atoms with Crippen molar-refractivity contribution in [1.82, 2.24) is 4.57 Å². The third-order valence-electron chi connectivity index (χ3n) is 4.24. The van der Waals surface area contributed by atoms with E-state index in [2.05, 4.69) is 4.99 Å². The molecule has 0 aliphatic heterocycles. The molecule has 4 aromatic rings. The fraction of sp³-hybridized carbons (Fsp3) is 0.0476. The summed E-state index contributed by atoms with van der Waals surface area (Å²) < 4.78 is 7.34. The minimum Gasteiger partial charge on any atom is -0.506 e. The number of fused-ring (bicyclic) bond motifs is 1. The molecule has 0 aliphatic carbocycles. The molecule has 0 bridgehead atoms. The van der Waals surface area contributed by atoms with Gasteiger partial charge in [0.1, 0.15) is 17.2 Å². The maximum Gasteiger partial charge on any atom is 0.371 e. The van der Waals surface area contributed by atoms with E-state index in [0.29, 0.717) is 18.0 Å². The van der Waals surface area contributed by atoms with Crippen LogP contribution in [0.25, 0.3) is 10.9 Å². The zero-order valence-electron chi connectivity index (χ0n) is 14.2. The van der Waals surface area contributed by atoms with Crippen LogP contribution in [0.5, 0.6) is 5.75 Å². The van der Waals surface area contributed by atoms with Crippen LogP contribution in [0, 0.1) is 0 Å². The van der Waals surface area contributed by atoms with Crippen molar-refractivity contribution in [2.75, 3.05) is 0 Å². The molecule has 0 radical (unpaired) electrons.